The lowest BCUT2D eigenvalue weighted by Crippen LogP contribution is -2.36. The standard InChI is InChI=1S/C15H20O3/c1-3-5-6-7-10-15(11-8-9-13(15)16)14(17)18-12-4-2/h4H,2-3,5,8-12H2,1H3. The molecule has 0 aromatic rings. The maximum atomic E-state index is 12.0. The average molecular weight is 248 g/mol. The second kappa shape index (κ2) is 7.00. The molecule has 1 aliphatic rings. The molecule has 0 aromatic heterocycles. The van der Waals surface area contributed by atoms with Gasteiger partial charge >= 0.3 is 5.97 Å². The van der Waals surface area contributed by atoms with Gasteiger partial charge in [-0.25, -0.2) is 0 Å². The molecule has 3 nitrogen and oxygen atoms in total. The molecule has 0 bridgehead atoms. The van der Waals surface area contributed by atoms with Crippen LogP contribution >= 0.6 is 0 Å². The average Bonchev–Trinajstić information content (AvgIpc) is 2.74. The summed E-state index contributed by atoms with van der Waals surface area (Å²) < 4.78 is 5.06. The summed E-state index contributed by atoms with van der Waals surface area (Å²) in [4.78, 5) is 24.0. The van der Waals surface area contributed by atoms with Gasteiger partial charge in [-0.2, -0.15) is 0 Å². The van der Waals surface area contributed by atoms with E-state index in [9.17, 15) is 9.59 Å². The fraction of sp³-hybridized carbons (Fsp3) is 0.600. The molecule has 0 aromatic carbocycles. The van der Waals surface area contributed by atoms with Gasteiger partial charge in [-0.05, 0) is 19.3 Å². The van der Waals surface area contributed by atoms with Crippen LogP contribution in [0, 0.1) is 17.3 Å². The van der Waals surface area contributed by atoms with E-state index in [-0.39, 0.29) is 12.4 Å². The van der Waals surface area contributed by atoms with E-state index < -0.39 is 11.4 Å². The van der Waals surface area contributed by atoms with Crippen LogP contribution in [0.1, 0.15) is 45.4 Å². The van der Waals surface area contributed by atoms with Gasteiger partial charge in [0.25, 0.3) is 0 Å². The van der Waals surface area contributed by atoms with Gasteiger partial charge < -0.3 is 4.74 Å². The van der Waals surface area contributed by atoms with E-state index in [0.717, 1.165) is 19.3 Å². The molecule has 0 aliphatic heterocycles. The summed E-state index contributed by atoms with van der Waals surface area (Å²) in [6.07, 6.45) is 5.34. The van der Waals surface area contributed by atoms with E-state index >= 15 is 0 Å². The third-order valence-electron chi connectivity index (χ3n) is 3.15. The molecule has 98 valence electrons. The first-order valence-electron chi connectivity index (χ1n) is 6.44. The summed E-state index contributed by atoms with van der Waals surface area (Å²) >= 11 is 0. The molecule has 1 aliphatic carbocycles. The van der Waals surface area contributed by atoms with Gasteiger partial charge in [0.15, 0.2) is 5.78 Å². The second-order valence-corrected chi connectivity index (χ2v) is 4.53. The van der Waals surface area contributed by atoms with Crippen LogP contribution in [0.15, 0.2) is 12.7 Å². The van der Waals surface area contributed by atoms with Gasteiger partial charge in [0, 0.05) is 19.3 Å². The molecule has 1 atom stereocenters. The minimum atomic E-state index is -1.01. The van der Waals surface area contributed by atoms with Gasteiger partial charge in [-0.1, -0.05) is 19.6 Å². The summed E-state index contributed by atoms with van der Waals surface area (Å²) in [6, 6.07) is 0. The van der Waals surface area contributed by atoms with Crippen molar-refractivity contribution >= 4 is 11.8 Å². The number of esters is 1. The molecule has 0 radical (unpaired) electrons. The molecule has 0 saturated heterocycles. The molecule has 0 spiro atoms. The predicted molar refractivity (Wildman–Crippen MR) is 69.7 cm³/mol. The third kappa shape index (κ3) is 3.22. The van der Waals surface area contributed by atoms with Crippen LogP contribution in [-0.4, -0.2) is 18.4 Å². The fourth-order valence-corrected chi connectivity index (χ4v) is 2.10. The molecular formula is C15H20O3. The molecule has 1 saturated carbocycles. The SMILES string of the molecule is C=CCOC(=O)C1(CC#CCCC)CCCC1=O. The fourth-order valence-electron chi connectivity index (χ4n) is 2.10. The summed E-state index contributed by atoms with van der Waals surface area (Å²) in [7, 11) is 0. The molecule has 1 unspecified atom stereocenters. The Morgan fingerprint density at radius 3 is 2.89 bits per heavy atom. The Bertz CT molecular complexity index is 386. The summed E-state index contributed by atoms with van der Waals surface area (Å²) in [5.74, 6) is 5.49. The zero-order valence-electron chi connectivity index (χ0n) is 11.0. The molecule has 18 heavy (non-hydrogen) atoms. The molecule has 0 amide bonds. The van der Waals surface area contributed by atoms with Crippen LogP contribution in [0.25, 0.3) is 0 Å². The van der Waals surface area contributed by atoms with Gasteiger partial charge in [0.2, 0.25) is 0 Å². The van der Waals surface area contributed by atoms with Gasteiger partial charge in [0.05, 0.1) is 0 Å². The lowest BCUT2D eigenvalue weighted by molar-refractivity contribution is -0.157. The molecule has 3 heteroatoms. The number of carbonyl (C=O) groups is 2. The topological polar surface area (TPSA) is 43.4 Å². The molecule has 1 fully saturated rings. The van der Waals surface area contributed by atoms with E-state index in [0.29, 0.717) is 19.3 Å². The number of hydrogen-bond acceptors (Lipinski definition) is 3. The summed E-state index contributed by atoms with van der Waals surface area (Å²) in [5, 5.41) is 0. The van der Waals surface area contributed by atoms with Crippen LogP contribution in [0.2, 0.25) is 0 Å². The van der Waals surface area contributed by atoms with E-state index in [1.165, 1.54) is 6.08 Å². The minimum absolute atomic E-state index is 0.0256. The minimum Gasteiger partial charge on any atom is -0.461 e. The first-order valence-corrected chi connectivity index (χ1v) is 6.44. The highest BCUT2D eigenvalue weighted by Gasteiger charge is 2.49. The number of unbranched alkanes of at least 4 members (excludes halogenated alkanes) is 1. The third-order valence-corrected chi connectivity index (χ3v) is 3.15. The Morgan fingerprint density at radius 2 is 2.33 bits per heavy atom. The van der Waals surface area contributed by atoms with Crippen molar-refractivity contribution in [3.05, 3.63) is 12.7 Å². The molecule has 1 rings (SSSR count). The van der Waals surface area contributed by atoms with Crippen LogP contribution in [0.5, 0.6) is 0 Å². The van der Waals surface area contributed by atoms with E-state index in [4.69, 9.17) is 4.74 Å². The Labute approximate surface area is 109 Å². The van der Waals surface area contributed by atoms with Crippen LogP contribution in [0.4, 0.5) is 0 Å². The number of carbonyl (C=O) groups excluding carboxylic acids is 2. The summed E-state index contributed by atoms with van der Waals surface area (Å²) in [6.45, 7) is 5.69. The Morgan fingerprint density at radius 1 is 1.56 bits per heavy atom. The van der Waals surface area contributed by atoms with Crippen molar-refractivity contribution in [2.75, 3.05) is 6.61 Å². The predicted octanol–water partition coefficient (Wildman–Crippen LogP) is 2.65. The molecule has 0 heterocycles. The molecular weight excluding hydrogens is 228 g/mol. The van der Waals surface area contributed by atoms with Crippen molar-refractivity contribution in [1.82, 2.24) is 0 Å². The number of rotatable bonds is 5. The normalized spacial score (nSPS) is 22.2. The van der Waals surface area contributed by atoms with Crippen molar-refractivity contribution in [3.63, 3.8) is 0 Å². The Kier molecular flexibility index (Phi) is 5.64. The lowest BCUT2D eigenvalue weighted by Gasteiger charge is -2.22. The van der Waals surface area contributed by atoms with Crippen molar-refractivity contribution in [2.24, 2.45) is 5.41 Å². The molecule has 0 N–H and O–H groups in total. The Balaban J connectivity index is 2.77. The van der Waals surface area contributed by atoms with Crippen molar-refractivity contribution < 1.29 is 14.3 Å². The zero-order chi connectivity index (χ0) is 13.4. The van der Waals surface area contributed by atoms with E-state index in [1.54, 1.807) is 0 Å². The number of Topliss-reactive ketones (excluding diaryl/α,β-unsaturated/α-hetero) is 1. The first-order chi connectivity index (χ1) is 8.67. The van der Waals surface area contributed by atoms with Crippen LogP contribution in [0.3, 0.4) is 0 Å². The largest absolute Gasteiger partial charge is 0.461 e. The van der Waals surface area contributed by atoms with Crippen molar-refractivity contribution in [1.29, 1.82) is 0 Å². The van der Waals surface area contributed by atoms with Gasteiger partial charge in [0.1, 0.15) is 12.0 Å². The Hall–Kier alpha value is -1.56. The number of hydrogen-bond donors (Lipinski definition) is 0. The van der Waals surface area contributed by atoms with Crippen molar-refractivity contribution in [2.45, 2.75) is 45.4 Å². The van der Waals surface area contributed by atoms with Crippen molar-refractivity contribution in [3.8, 4) is 11.8 Å². The van der Waals surface area contributed by atoms with Gasteiger partial charge in [-0.3, -0.25) is 9.59 Å². The quantitative estimate of drug-likeness (QED) is 0.325. The lowest BCUT2D eigenvalue weighted by atomic mass is 9.82. The number of ether oxygens (including phenoxy) is 1. The van der Waals surface area contributed by atoms with E-state index in [2.05, 4.69) is 18.4 Å². The van der Waals surface area contributed by atoms with Crippen LogP contribution < -0.4 is 0 Å². The van der Waals surface area contributed by atoms with Crippen LogP contribution in [-0.2, 0) is 14.3 Å². The smallest absolute Gasteiger partial charge is 0.320 e. The number of ketones is 1. The second-order valence-electron chi connectivity index (χ2n) is 4.53. The summed E-state index contributed by atoms with van der Waals surface area (Å²) in [5.41, 5.74) is -1.01. The highest BCUT2D eigenvalue weighted by atomic mass is 16.5. The van der Waals surface area contributed by atoms with E-state index in [1.807, 2.05) is 6.92 Å². The monoisotopic (exact) mass is 248 g/mol. The highest BCUT2D eigenvalue weighted by molar-refractivity contribution is 6.05. The first kappa shape index (κ1) is 14.5. The maximum absolute atomic E-state index is 12.0. The maximum Gasteiger partial charge on any atom is 0.320 e. The van der Waals surface area contributed by atoms with Gasteiger partial charge in [-0.15, -0.1) is 11.8 Å². The highest BCUT2D eigenvalue weighted by Crippen LogP contribution is 2.39. The zero-order valence-corrected chi connectivity index (χ0v) is 11.0.